The third kappa shape index (κ3) is 4.48. The van der Waals surface area contributed by atoms with E-state index in [1.807, 2.05) is 18.2 Å². The smallest absolute Gasteiger partial charge is 0.355 e. The molecule has 1 aromatic rings. The molecule has 3 rings (SSSR count). The third-order valence-corrected chi connectivity index (χ3v) is 4.91. The highest BCUT2D eigenvalue weighted by molar-refractivity contribution is 6.03. The lowest BCUT2D eigenvalue weighted by atomic mass is 10.1. The highest BCUT2D eigenvalue weighted by Gasteiger charge is 2.32. The number of methoxy groups -OCH3 is 2. The first-order chi connectivity index (χ1) is 13.1. The predicted molar refractivity (Wildman–Crippen MR) is 99.9 cm³/mol. The fourth-order valence-electron chi connectivity index (χ4n) is 3.55. The zero-order valence-corrected chi connectivity index (χ0v) is 15.9. The molecule has 0 radical (unpaired) electrons. The van der Waals surface area contributed by atoms with E-state index in [4.69, 9.17) is 14.2 Å². The standard InChI is InChI=1S/C20H26N2O5/c1-25-19(23)17-13-27-14-22(18(17)20(24)26-2)16-8-6-7-15(11-16)12-21-9-4-3-5-10-21/h6-8,11H,3-5,9-10,12-14H2,1-2H3. The topological polar surface area (TPSA) is 68.3 Å². The molecule has 1 aromatic carbocycles. The number of esters is 2. The summed E-state index contributed by atoms with van der Waals surface area (Å²) in [7, 11) is 2.58. The van der Waals surface area contributed by atoms with E-state index in [9.17, 15) is 9.59 Å². The second kappa shape index (κ2) is 9.01. The van der Waals surface area contributed by atoms with Crippen LogP contribution in [0.4, 0.5) is 5.69 Å². The molecule has 0 saturated carbocycles. The minimum atomic E-state index is -0.593. The molecule has 0 bridgehead atoms. The Morgan fingerprint density at radius 3 is 2.52 bits per heavy atom. The molecule has 0 spiro atoms. The Morgan fingerprint density at radius 1 is 1.07 bits per heavy atom. The minimum Gasteiger partial charge on any atom is -0.466 e. The van der Waals surface area contributed by atoms with Crippen LogP contribution in [0, 0.1) is 0 Å². The van der Waals surface area contributed by atoms with Crippen molar-refractivity contribution in [2.45, 2.75) is 25.8 Å². The largest absolute Gasteiger partial charge is 0.466 e. The number of piperidine rings is 1. The summed E-state index contributed by atoms with van der Waals surface area (Å²) < 4.78 is 15.2. The summed E-state index contributed by atoms with van der Waals surface area (Å²) in [4.78, 5) is 28.6. The van der Waals surface area contributed by atoms with Gasteiger partial charge >= 0.3 is 11.9 Å². The fraction of sp³-hybridized carbons (Fsp3) is 0.500. The Balaban J connectivity index is 1.90. The summed E-state index contributed by atoms with van der Waals surface area (Å²) in [5, 5.41) is 0. The van der Waals surface area contributed by atoms with E-state index in [1.54, 1.807) is 4.90 Å². The molecular weight excluding hydrogens is 348 g/mol. The van der Waals surface area contributed by atoms with Crippen LogP contribution in [-0.2, 0) is 30.3 Å². The quantitative estimate of drug-likeness (QED) is 0.731. The molecule has 146 valence electrons. The van der Waals surface area contributed by atoms with E-state index in [0.29, 0.717) is 0 Å². The molecule has 0 unspecified atom stereocenters. The predicted octanol–water partition coefficient (Wildman–Crippen LogP) is 2.07. The summed E-state index contributed by atoms with van der Waals surface area (Å²) >= 11 is 0. The SMILES string of the molecule is COC(=O)C1=C(C(=O)OC)N(c2cccc(CN3CCCCC3)c2)COC1. The van der Waals surface area contributed by atoms with Crippen molar-refractivity contribution in [2.75, 3.05) is 45.5 Å². The average Bonchev–Trinajstić information content (AvgIpc) is 2.73. The van der Waals surface area contributed by atoms with Crippen LogP contribution in [0.5, 0.6) is 0 Å². The molecule has 1 saturated heterocycles. The third-order valence-electron chi connectivity index (χ3n) is 4.91. The number of ether oxygens (including phenoxy) is 3. The van der Waals surface area contributed by atoms with E-state index < -0.39 is 11.9 Å². The van der Waals surface area contributed by atoms with Crippen LogP contribution < -0.4 is 4.90 Å². The first-order valence-corrected chi connectivity index (χ1v) is 9.20. The van der Waals surface area contributed by atoms with Gasteiger partial charge in [0.25, 0.3) is 0 Å². The van der Waals surface area contributed by atoms with Crippen LogP contribution in [0.15, 0.2) is 35.5 Å². The minimum absolute atomic E-state index is 0.0150. The van der Waals surface area contributed by atoms with E-state index in [-0.39, 0.29) is 24.6 Å². The molecule has 0 aliphatic carbocycles. The van der Waals surface area contributed by atoms with Gasteiger partial charge in [-0.2, -0.15) is 0 Å². The lowest BCUT2D eigenvalue weighted by Crippen LogP contribution is -2.38. The van der Waals surface area contributed by atoms with Crippen LogP contribution in [0.25, 0.3) is 0 Å². The number of carbonyl (C=O) groups is 2. The van der Waals surface area contributed by atoms with Crippen molar-refractivity contribution in [2.24, 2.45) is 0 Å². The highest BCUT2D eigenvalue weighted by atomic mass is 16.5. The number of nitrogens with zero attached hydrogens (tertiary/aromatic N) is 2. The maximum absolute atomic E-state index is 12.4. The van der Waals surface area contributed by atoms with Gasteiger partial charge in [0.1, 0.15) is 12.4 Å². The second-order valence-electron chi connectivity index (χ2n) is 6.72. The van der Waals surface area contributed by atoms with Crippen LogP contribution in [0.3, 0.4) is 0 Å². The molecule has 0 N–H and O–H groups in total. The van der Waals surface area contributed by atoms with Crippen molar-refractivity contribution < 1.29 is 23.8 Å². The van der Waals surface area contributed by atoms with Gasteiger partial charge in [-0.3, -0.25) is 4.90 Å². The van der Waals surface area contributed by atoms with Gasteiger partial charge < -0.3 is 19.1 Å². The highest BCUT2D eigenvalue weighted by Crippen LogP contribution is 2.28. The molecule has 0 atom stereocenters. The molecule has 27 heavy (non-hydrogen) atoms. The second-order valence-corrected chi connectivity index (χ2v) is 6.72. The summed E-state index contributed by atoms with van der Waals surface area (Å²) in [6.07, 6.45) is 3.76. The molecule has 2 aliphatic rings. The van der Waals surface area contributed by atoms with Crippen LogP contribution in [0.2, 0.25) is 0 Å². The Bertz CT molecular complexity index is 725. The normalized spacial score (nSPS) is 18.4. The van der Waals surface area contributed by atoms with E-state index in [0.717, 1.165) is 30.9 Å². The van der Waals surface area contributed by atoms with Gasteiger partial charge in [-0.25, -0.2) is 9.59 Å². The molecule has 1 fully saturated rings. The van der Waals surface area contributed by atoms with Gasteiger partial charge in [-0.05, 0) is 43.6 Å². The summed E-state index contributed by atoms with van der Waals surface area (Å²) in [5.41, 5.74) is 2.28. The van der Waals surface area contributed by atoms with Crippen molar-refractivity contribution >= 4 is 17.6 Å². The maximum Gasteiger partial charge on any atom is 0.355 e. The fourth-order valence-corrected chi connectivity index (χ4v) is 3.55. The molecule has 2 heterocycles. The number of benzene rings is 1. The van der Waals surface area contributed by atoms with Crippen molar-refractivity contribution in [3.63, 3.8) is 0 Å². The molecule has 0 aromatic heterocycles. The first kappa shape index (κ1) is 19.4. The van der Waals surface area contributed by atoms with Gasteiger partial charge in [0.05, 0.1) is 26.4 Å². The summed E-state index contributed by atoms with van der Waals surface area (Å²) in [6, 6.07) is 7.95. The summed E-state index contributed by atoms with van der Waals surface area (Å²) in [5.74, 6) is -1.18. The Morgan fingerprint density at radius 2 is 1.81 bits per heavy atom. The zero-order chi connectivity index (χ0) is 19.2. The van der Waals surface area contributed by atoms with Gasteiger partial charge in [-0.15, -0.1) is 0 Å². The molecule has 0 amide bonds. The number of likely N-dealkylation sites (tertiary alicyclic amines) is 1. The number of hydrogen-bond acceptors (Lipinski definition) is 7. The van der Waals surface area contributed by atoms with Crippen molar-refractivity contribution in [1.29, 1.82) is 0 Å². The van der Waals surface area contributed by atoms with Gasteiger partial charge in [0, 0.05) is 12.2 Å². The van der Waals surface area contributed by atoms with Crippen LogP contribution in [-0.4, -0.2) is 57.5 Å². The lowest BCUT2D eigenvalue weighted by Gasteiger charge is -2.32. The van der Waals surface area contributed by atoms with Gasteiger partial charge in [0.2, 0.25) is 0 Å². The number of hydrogen-bond donors (Lipinski definition) is 0. The maximum atomic E-state index is 12.4. The zero-order valence-electron chi connectivity index (χ0n) is 15.9. The van der Waals surface area contributed by atoms with Crippen LogP contribution >= 0.6 is 0 Å². The number of rotatable bonds is 5. The van der Waals surface area contributed by atoms with Crippen molar-refractivity contribution in [3.8, 4) is 0 Å². The van der Waals surface area contributed by atoms with E-state index >= 15 is 0 Å². The number of anilines is 1. The van der Waals surface area contributed by atoms with Crippen molar-refractivity contribution in [1.82, 2.24) is 4.90 Å². The van der Waals surface area contributed by atoms with E-state index in [2.05, 4.69) is 11.0 Å². The lowest BCUT2D eigenvalue weighted by molar-refractivity contribution is -0.140. The monoisotopic (exact) mass is 374 g/mol. The molecule has 2 aliphatic heterocycles. The average molecular weight is 374 g/mol. The Kier molecular flexibility index (Phi) is 6.47. The number of carbonyl (C=O) groups excluding carboxylic acids is 2. The molecule has 7 nitrogen and oxygen atoms in total. The van der Waals surface area contributed by atoms with Gasteiger partial charge in [-0.1, -0.05) is 18.6 Å². The van der Waals surface area contributed by atoms with E-state index in [1.165, 1.54) is 33.5 Å². The van der Waals surface area contributed by atoms with Crippen molar-refractivity contribution in [3.05, 3.63) is 41.1 Å². The summed E-state index contributed by atoms with van der Waals surface area (Å²) in [6.45, 7) is 3.26. The first-order valence-electron chi connectivity index (χ1n) is 9.20. The molecular formula is C20H26N2O5. The van der Waals surface area contributed by atoms with Gasteiger partial charge in [0.15, 0.2) is 0 Å². The Hall–Kier alpha value is -2.38. The Labute approximate surface area is 159 Å². The molecule has 7 heteroatoms. The van der Waals surface area contributed by atoms with Crippen LogP contribution in [0.1, 0.15) is 24.8 Å².